The van der Waals surface area contributed by atoms with Gasteiger partial charge in [-0.25, -0.2) is 21.6 Å². The van der Waals surface area contributed by atoms with Crippen LogP contribution in [0.25, 0.3) is 0 Å². The Morgan fingerprint density at radius 1 is 0.968 bits per heavy atom. The van der Waals surface area contributed by atoms with Crippen molar-refractivity contribution in [3.05, 3.63) is 11.8 Å². The van der Waals surface area contributed by atoms with E-state index in [2.05, 4.69) is 20.4 Å². The smallest absolute Gasteiger partial charge is 0.335 e. The van der Waals surface area contributed by atoms with Crippen molar-refractivity contribution in [2.75, 3.05) is 12.5 Å². The van der Waals surface area contributed by atoms with E-state index >= 15 is 0 Å². The van der Waals surface area contributed by atoms with Crippen LogP contribution in [-0.2, 0) is 45.3 Å². The third-order valence-electron chi connectivity index (χ3n) is 3.89. The molecule has 0 spiro atoms. The molecule has 0 aliphatic carbocycles. The van der Waals surface area contributed by atoms with Crippen LogP contribution >= 0.6 is 0 Å². The Balaban J connectivity index is 1.84. The predicted molar refractivity (Wildman–Crippen MR) is 93.1 cm³/mol. The molecule has 168 valence electrons. The van der Waals surface area contributed by atoms with Gasteiger partial charge in [-0.3, -0.25) is 9.59 Å². The van der Waals surface area contributed by atoms with Crippen LogP contribution in [0.1, 0.15) is 37.0 Å². The van der Waals surface area contributed by atoms with Crippen molar-refractivity contribution in [2.45, 2.75) is 42.0 Å². The highest BCUT2D eigenvalue weighted by Crippen LogP contribution is 2.26. The first kappa shape index (κ1) is 22.5. The molecule has 1 aliphatic heterocycles. The molecule has 1 atom stereocenters. The van der Waals surface area contributed by atoms with Crippen LogP contribution in [0.5, 0.6) is 0 Å². The van der Waals surface area contributed by atoms with Crippen LogP contribution in [0.2, 0.25) is 0 Å². The molecule has 0 aromatic carbocycles. The van der Waals surface area contributed by atoms with Gasteiger partial charge in [0, 0.05) is 31.8 Å². The van der Waals surface area contributed by atoms with E-state index in [9.17, 15) is 31.2 Å². The first-order valence-electron chi connectivity index (χ1n) is 8.47. The van der Waals surface area contributed by atoms with Gasteiger partial charge in [0.25, 0.3) is 11.8 Å². The first-order chi connectivity index (χ1) is 14.3. The molecule has 3 rings (SSSR count). The normalized spacial score (nSPS) is 16.0. The van der Waals surface area contributed by atoms with E-state index in [0.29, 0.717) is 5.06 Å². The Morgan fingerprint density at radius 2 is 1.52 bits per heavy atom. The number of amides is 2. The summed E-state index contributed by atoms with van der Waals surface area (Å²) >= 11 is 0. The Kier molecular flexibility index (Phi) is 5.90. The van der Waals surface area contributed by atoms with E-state index in [1.54, 1.807) is 0 Å². The quantitative estimate of drug-likeness (QED) is 0.400. The van der Waals surface area contributed by atoms with Crippen LogP contribution in [0.15, 0.2) is 19.3 Å². The minimum absolute atomic E-state index is 0.104. The summed E-state index contributed by atoms with van der Waals surface area (Å²) in [6.07, 6.45) is 0.582. The van der Waals surface area contributed by atoms with E-state index in [-0.39, 0.29) is 31.0 Å². The van der Waals surface area contributed by atoms with Crippen LogP contribution in [0.3, 0.4) is 0 Å². The van der Waals surface area contributed by atoms with Crippen molar-refractivity contribution in [1.29, 1.82) is 0 Å². The van der Waals surface area contributed by atoms with E-state index < -0.39 is 60.2 Å². The standard InChI is InChI=1S/C14H15N5O10S2/c1-30(23,24)13-17-15-8(27-13)5-7(12-16-18-14(28-12)31(2,25)26)6-11(22)29-19-9(20)3-4-10(19)21/h7H,3-6H2,1-2H3. The van der Waals surface area contributed by atoms with Crippen LogP contribution in [0, 0.1) is 0 Å². The summed E-state index contributed by atoms with van der Waals surface area (Å²) in [6.45, 7) is 0. The second-order valence-corrected chi connectivity index (χ2v) is 10.3. The average molecular weight is 477 g/mol. The second kappa shape index (κ2) is 8.14. The summed E-state index contributed by atoms with van der Waals surface area (Å²) in [5, 5.41) is 12.9. The molecule has 15 nitrogen and oxygen atoms in total. The summed E-state index contributed by atoms with van der Waals surface area (Å²) in [7, 11) is -7.64. The lowest BCUT2D eigenvalue weighted by atomic mass is 10.0. The highest BCUT2D eigenvalue weighted by atomic mass is 32.2. The van der Waals surface area contributed by atoms with Crippen molar-refractivity contribution < 1.29 is 44.9 Å². The zero-order chi connectivity index (χ0) is 23.0. The molecule has 31 heavy (non-hydrogen) atoms. The van der Waals surface area contributed by atoms with E-state index in [1.807, 2.05) is 0 Å². The average Bonchev–Trinajstić information content (AvgIpc) is 3.37. The van der Waals surface area contributed by atoms with E-state index in [0.717, 1.165) is 12.5 Å². The highest BCUT2D eigenvalue weighted by molar-refractivity contribution is 7.90. The fourth-order valence-corrected chi connectivity index (χ4v) is 3.32. The lowest BCUT2D eigenvalue weighted by molar-refractivity contribution is -0.197. The zero-order valence-corrected chi connectivity index (χ0v) is 17.7. The number of carbonyl (C=O) groups excluding carboxylic acids is 3. The summed E-state index contributed by atoms with van der Waals surface area (Å²) in [6, 6.07) is 0. The lowest BCUT2D eigenvalue weighted by Crippen LogP contribution is -2.32. The molecule has 0 saturated carbocycles. The molecule has 1 aliphatic rings. The zero-order valence-electron chi connectivity index (χ0n) is 16.0. The second-order valence-electron chi connectivity index (χ2n) is 6.56. The number of aromatic nitrogens is 4. The molecule has 2 amide bonds. The van der Waals surface area contributed by atoms with Gasteiger partial charge in [-0.1, -0.05) is 10.2 Å². The SMILES string of the molecule is CS(=O)(=O)c1nnc(CC(CC(=O)ON2C(=O)CCC2=O)c2nnc(S(C)(=O)=O)o2)o1. The van der Waals surface area contributed by atoms with Gasteiger partial charge in [0.1, 0.15) is 0 Å². The first-order valence-corrected chi connectivity index (χ1v) is 12.3. The monoisotopic (exact) mass is 477 g/mol. The maximum Gasteiger partial charge on any atom is 0.335 e. The maximum absolute atomic E-state index is 12.3. The summed E-state index contributed by atoms with van der Waals surface area (Å²) in [4.78, 5) is 40.3. The van der Waals surface area contributed by atoms with Crippen molar-refractivity contribution in [2.24, 2.45) is 0 Å². The fraction of sp³-hybridized carbons (Fsp3) is 0.500. The van der Waals surface area contributed by atoms with Crippen molar-refractivity contribution in [3.63, 3.8) is 0 Å². The van der Waals surface area contributed by atoms with Crippen LogP contribution in [-0.4, -0.2) is 72.6 Å². The molecule has 17 heteroatoms. The number of hydrogen-bond acceptors (Lipinski definition) is 14. The number of rotatable bonds is 8. The molecule has 0 bridgehead atoms. The number of carbonyl (C=O) groups is 3. The molecule has 3 heterocycles. The third kappa shape index (κ3) is 5.29. The molecule has 0 radical (unpaired) electrons. The highest BCUT2D eigenvalue weighted by Gasteiger charge is 2.35. The van der Waals surface area contributed by atoms with Gasteiger partial charge in [0.2, 0.25) is 31.5 Å². The molecule has 1 unspecified atom stereocenters. The maximum atomic E-state index is 12.3. The summed E-state index contributed by atoms with van der Waals surface area (Å²) in [5.41, 5.74) is 0. The Bertz CT molecular complexity index is 1230. The molecule has 1 saturated heterocycles. The van der Waals surface area contributed by atoms with Gasteiger partial charge in [-0.05, 0) is 0 Å². The van der Waals surface area contributed by atoms with Crippen molar-refractivity contribution in [3.8, 4) is 0 Å². The van der Waals surface area contributed by atoms with Gasteiger partial charge in [-0.15, -0.1) is 15.3 Å². The molecule has 1 fully saturated rings. The van der Waals surface area contributed by atoms with Gasteiger partial charge in [-0.2, -0.15) is 0 Å². The third-order valence-corrected chi connectivity index (χ3v) is 5.49. The summed E-state index contributed by atoms with van der Waals surface area (Å²) in [5.74, 6) is -4.09. The van der Waals surface area contributed by atoms with Gasteiger partial charge in [0.15, 0.2) is 0 Å². The fourth-order valence-electron chi connectivity index (χ4n) is 2.46. The predicted octanol–water partition coefficient (Wildman–Crippen LogP) is -1.42. The molecule has 0 N–H and O–H groups in total. The molecular formula is C14H15N5O10S2. The number of nitrogens with zero attached hydrogens (tertiary/aromatic N) is 5. The topological polar surface area (TPSA) is 210 Å². The lowest BCUT2D eigenvalue weighted by Gasteiger charge is -2.15. The van der Waals surface area contributed by atoms with Gasteiger partial charge >= 0.3 is 16.4 Å². The van der Waals surface area contributed by atoms with Gasteiger partial charge in [0.05, 0.1) is 12.3 Å². The van der Waals surface area contributed by atoms with Crippen molar-refractivity contribution >= 4 is 37.5 Å². The number of imide groups is 1. The Labute approximate surface area is 174 Å². The molecule has 2 aromatic rings. The van der Waals surface area contributed by atoms with Crippen LogP contribution in [0.4, 0.5) is 0 Å². The van der Waals surface area contributed by atoms with Crippen molar-refractivity contribution in [1.82, 2.24) is 25.5 Å². The molecular weight excluding hydrogens is 462 g/mol. The van der Waals surface area contributed by atoms with E-state index in [1.165, 1.54) is 0 Å². The number of hydrogen-bond donors (Lipinski definition) is 0. The summed E-state index contributed by atoms with van der Waals surface area (Å²) < 4.78 is 56.3. The van der Waals surface area contributed by atoms with Crippen LogP contribution < -0.4 is 0 Å². The van der Waals surface area contributed by atoms with E-state index in [4.69, 9.17) is 13.7 Å². The number of hydroxylamine groups is 2. The Hall–Kier alpha value is -3.21. The van der Waals surface area contributed by atoms with Gasteiger partial charge < -0.3 is 13.7 Å². The number of sulfone groups is 2. The minimum Gasteiger partial charge on any atom is -0.413 e. The molecule has 2 aromatic heterocycles. The Morgan fingerprint density at radius 3 is 2.03 bits per heavy atom. The largest absolute Gasteiger partial charge is 0.413 e. The minimum atomic E-state index is -3.85.